The van der Waals surface area contributed by atoms with Crippen LogP contribution < -0.4 is 4.90 Å². The van der Waals surface area contributed by atoms with Crippen LogP contribution in [0, 0.1) is 5.82 Å². The molecule has 92 valence electrons. The molecule has 0 heterocycles. The van der Waals surface area contributed by atoms with Crippen molar-refractivity contribution in [3.05, 3.63) is 30.1 Å². The summed E-state index contributed by atoms with van der Waals surface area (Å²) in [6, 6.07) is 6.13. The van der Waals surface area contributed by atoms with Gasteiger partial charge in [-0.25, -0.2) is 9.18 Å². The van der Waals surface area contributed by atoms with E-state index in [1.807, 2.05) is 6.92 Å². The molecule has 0 radical (unpaired) electrons. The number of benzene rings is 1. The Morgan fingerprint density at radius 2 is 1.88 bits per heavy atom. The Labute approximate surface area is 101 Å². The summed E-state index contributed by atoms with van der Waals surface area (Å²) < 4.78 is 13.6. The SMILES string of the molecule is CN(C(=O)N(C)C1(C)CC1)c1ccccc1F. The van der Waals surface area contributed by atoms with Gasteiger partial charge in [-0.15, -0.1) is 0 Å². The standard InChI is InChI=1S/C13H17FN2O/c1-13(8-9-13)16(3)12(17)15(2)11-7-5-4-6-10(11)14/h4-7H,8-9H2,1-3H3. The van der Waals surface area contributed by atoms with E-state index >= 15 is 0 Å². The number of nitrogens with zero attached hydrogens (tertiary/aromatic N) is 2. The van der Waals surface area contributed by atoms with E-state index in [4.69, 9.17) is 0 Å². The first kappa shape index (κ1) is 11.9. The summed E-state index contributed by atoms with van der Waals surface area (Å²) in [5.41, 5.74) is 0.268. The molecule has 4 heteroatoms. The monoisotopic (exact) mass is 236 g/mol. The molecule has 0 aromatic heterocycles. The van der Waals surface area contributed by atoms with Crippen LogP contribution in [0.3, 0.4) is 0 Å². The Kier molecular flexibility index (Phi) is 2.81. The molecule has 0 atom stereocenters. The van der Waals surface area contributed by atoms with Gasteiger partial charge < -0.3 is 4.90 Å². The number of para-hydroxylation sites is 1. The lowest BCUT2D eigenvalue weighted by Crippen LogP contribution is -2.45. The first-order valence-electron chi connectivity index (χ1n) is 5.72. The molecule has 1 fully saturated rings. The van der Waals surface area contributed by atoms with Crippen LogP contribution in [-0.4, -0.2) is 30.6 Å². The lowest BCUT2D eigenvalue weighted by Gasteiger charge is -2.29. The number of urea groups is 1. The Bertz CT molecular complexity index is 443. The number of anilines is 1. The van der Waals surface area contributed by atoms with Crippen molar-refractivity contribution in [3.63, 3.8) is 0 Å². The van der Waals surface area contributed by atoms with Crippen LogP contribution in [0.2, 0.25) is 0 Å². The number of hydrogen-bond donors (Lipinski definition) is 0. The molecule has 1 aliphatic rings. The molecule has 2 rings (SSSR count). The summed E-state index contributed by atoms with van der Waals surface area (Å²) in [5, 5.41) is 0. The van der Waals surface area contributed by atoms with Gasteiger partial charge in [0.1, 0.15) is 5.82 Å². The fraction of sp³-hybridized carbons (Fsp3) is 0.462. The van der Waals surface area contributed by atoms with Crippen LogP contribution in [0.4, 0.5) is 14.9 Å². The second-order valence-electron chi connectivity index (χ2n) is 4.85. The second-order valence-corrected chi connectivity index (χ2v) is 4.85. The molecule has 0 aliphatic heterocycles. The van der Waals surface area contributed by atoms with Crippen molar-refractivity contribution in [1.29, 1.82) is 0 Å². The number of halogens is 1. The highest BCUT2D eigenvalue weighted by atomic mass is 19.1. The maximum absolute atomic E-state index is 13.6. The van der Waals surface area contributed by atoms with Crippen molar-refractivity contribution >= 4 is 11.7 Å². The minimum absolute atomic E-state index is 0.0450. The van der Waals surface area contributed by atoms with Gasteiger partial charge in [0.05, 0.1) is 5.69 Å². The van der Waals surface area contributed by atoms with E-state index < -0.39 is 0 Å². The third-order valence-electron chi connectivity index (χ3n) is 3.57. The molecular weight excluding hydrogens is 219 g/mol. The third kappa shape index (κ3) is 2.12. The number of carbonyl (C=O) groups is 1. The number of carbonyl (C=O) groups excluding carboxylic acids is 1. The highest BCUT2D eigenvalue weighted by Crippen LogP contribution is 2.40. The second kappa shape index (κ2) is 4.02. The summed E-state index contributed by atoms with van der Waals surface area (Å²) in [6.45, 7) is 2.04. The molecular formula is C13H17FN2O. The average molecular weight is 236 g/mol. The maximum Gasteiger partial charge on any atom is 0.324 e. The van der Waals surface area contributed by atoms with Gasteiger partial charge in [-0.2, -0.15) is 0 Å². The Morgan fingerprint density at radius 1 is 1.29 bits per heavy atom. The molecule has 0 unspecified atom stereocenters. The summed E-state index contributed by atoms with van der Waals surface area (Å²) in [4.78, 5) is 15.2. The summed E-state index contributed by atoms with van der Waals surface area (Å²) >= 11 is 0. The molecule has 1 aliphatic carbocycles. The maximum atomic E-state index is 13.6. The molecule has 17 heavy (non-hydrogen) atoms. The van der Waals surface area contributed by atoms with Crippen LogP contribution in [0.15, 0.2) is 24.3 Å². The van der Waals surface area contributed by atoms with Crippen LogP contribution in [0.25, 0.3) is 0 Å². The molecule has 0 saturated heterocycles. The zero-order chi connectivity index (χ0) is 12.6. The van der Waals surface area contributed by atoms with E-state index in [9.17, 15) is 9.18 Å². The largest absolute Gasteiger partial charge is 0.324 e. The van der Waals surface area contributed by atoms with E-state index in [0.29, 0.717) is 5.69 Å². The van der Waals surface area contributed by atoms with Crippen LogP contribution in [-0.2, 0) is 0 Å². The average Bonchev–Trinajstić information content (AvgIpc) is 3.06. The Hall–Kier alpha value is -1.58. The van der Waals surface area contributed by atoms with Gasteiger partial charge >= 0.3 is 6.03 Å². The van der Waals surface area contributed by atoms with E-state index in [1.165, 1.54) is 11.0 Å². The van der Waals surface area contributed by atoms with E-state index in [0.717, 1.165) is 12.8 Å². The van der Waals surface area contributed by atoms with Crippen molar-refractivity contribution in [1.82, 2.24) is 4.90 Å². The normalized spacial score (nSPS) is 16.5. The molecule has 0 N–H and O–H groups in total. The van der Waals surface area contributed by atoms with Crippen LogP contribution in [0.5, 0.6) is 0 Å². The predicted octanol–water partition coefficient (Wildman–Crippen LogP) is 2.87. The van der Waals surface area contributed by atoms with Crippen molar-refractivity contribution in [3.8, 4) is 0 Å². The molecule has 1 aromatic rings. The van der Waals surface area contributed by atoms with Gasteiger partial charge in [0, 0.05) is 19.6 Å². The summed E-state index contributed by atoms with van der Waals surface area (Å²) in [6.07, 6.45) is 2.03. The molecule has 1 aromatic carbocycles. The van der Waals surface area contributed by atoms with E-state index in [2.05, 4.69) is 0 Å². The van der Waals surface area contributed by atoms with Crippen molar-refractivity contribution in [2.75, 3.05) is 19.0 Å². The van der Waals surface area contributed by atoms with Gasteiger partial charge in [0.15, 0.2) is 0 Å². The highest BCUT2D eigenvalue weighted by Gasteiger charge is 2.44. The van der Waals surface area contributed by atoms with Gasteiger partial charge in [-0.3, -0.25) is 4.90 Å². The van der Waals surface area contributed by atoms with Crippen molar-refractivity contribution < 1.29 is 9.18 Å². The van der Waals surface area contributed by atoms with Crippen molar-refractivity contribution in [2.45, 2.75) is 25.3 Å². The van der Waals surface area contributed by atoms with Gasteiger partial charge in [-0.05, 0) is 31.9 Å². The predicted molar refractivity (Wildman–Crippen MR) is 65.6 cm³/mol. The van der Waals surface area contributed by atoms with E-state index in [1.54, 1.807) is 37.2 Å². The van der Waals surface area contributed by atoms with Crippen molar-refractivity contribution in [2.24, 2.45) is 0 Å². The smallest absolute Gasteiger partial charge is 0.322 e. The highest BCUT2D eigenvalue weighted by molar-refractivity contribution is 5.92. The van der Waals surface area contributed by atoms with Crippen LogP contribution in [0.1, 0.15) is 19.8 Å². The molecule has 3 nitrogen and oxygen atoms in total. The molecule has 1 saturated carbocycles. The molecule has 0 bridgehead atoms. The summed E-state index contributed by atoms with van der Waals surface area (Å²) in [5.74, 6) is -0.377. The fourth-order valence-electron chi connectivity index (χ4n) is 1.80. The lowest BCUT2D eigenvalue weighted by atomic mass is 10.2. The number of rotatable bonds is 2. The molecule has 0 spiro atoms. The van der Waals surface area contributed by atoms with Gasteiger partial charge in [0.2, 0.25) is 0 Å². The topological polar surface area (TPSA) is 23.6 Å². The zero-order valence-electron chi connectivity index (χ0n) is 10.4. The van der Waals surface area contributed by atoms with Gasteiger partial charge in [-0.1, -0.05) is 12.1 Å². The minimum Gasteiger partial charge on any atom is -0.322 e. The summed E-state index contributed by atoms with van der Waals surface area (Å²) in [7, 11) is 3.37. The quantitative estimate of drug-likeness (QED) is 0.774. The first-order chi connectivity index (χ1) is 7.96. The zero-order valence-corrected chi connectivity index (χ0v) is 10.4. The Balaban J connectivity index is 2.18. The number of hydrogen-bond acceptors (Lipinski definition) is 1. The first-order valence-corrected chi connectivity index (χ1v) is 5.72. The van der Waals surface area contributed by atoms with E-state index in [-0.39, 0.29) is 17.4 Å². The van der Waals surface area contributed by atoms with Crippen LogP contribution >= 0.6 is 0 Å². The van der Waals surface area contributed by atoms with Gasteiger partial charge in [0.25, 0.3) is 0 Å². The fourth-order valence-corrected chi connectivity index (χ4v) is 1.80. The Morgan fingerprint density at radius 3 is 2.41 bits per heavy atom. The molecule has 2 amide bonds. The number of amides is 2. The minimum atomic E-state index is -0.377. The third-order valence-corrected chi connectivity index (χ3v) is 3.57. The lowest BCUT2D eigenvalue weighted by molar-refractivity contribution is 0.196.